The van der Waals surface area contributed by atoms with Crippen molar-refractivity contribution in [3.63, 3.8) is 0 Å². The molecule has 0 unspecified atom stereocenters. The molecular formula is C12H14BN2+2. The molecule has 0 N–H and O–H groups in total. The second-order valence-corrected chi connectivity index (χ2v) is 3.62. The van der Waals surface area contributed by atoms with Crippen LogP contribution in [-0.4, -0.2) is 7.28 Å². The molecule has 0 amide bonds. The van der Waals surface area contributed by atoms with Gasteiger partial charge in [-0.3, -0.25) is 0 Å². The maximum atomic E-state index is 2.17. The predicted molar refractivity (Wildman–Crippen MR) is 60.3 cm³/mol. The second kappa shape index (κ2) is 4.26. The van der Waals surface area contributed by atoms with E-state index in [0.717, 1.165) is 0 Å². The molecule has 73 valence electrons. The van der Waals surface area contributed by atoms with Crippen molar-refractivity contribution >= 4 is 18.5 Å². The highest BCUT2D eigenvalue weighted by molar-refractivity contribution is 6.64. The number of nitrogens with zero attached hydrogens (tertiary/aromatic N) is 2. The van der Waals surface area contributed by atoms with Crippen molar-refractivity contribution in [2.45, 2.75) is 0 Å². The van der Waals surface area contributed by atoms with Gasteiger partial charge in [0.1, 0.15) is 25.3 Å². The molecule has 0 saturated carbocycles. The minimum Gasteiger partial charge on any atom is -0.215 e. The Labute approximate surface area is 91.1 Å². The molecule has 0 saturated heterocycles. The quantitative estimate of drug-likeness (QED) is 0.430. The van der Waals surface area contributed by atoms with Crippen LogP contribution in [0.5, 0.6) is 0 Å². The summed E-state index contributed by atoms with van der Waals surface area (Å²) in [5.41, 5.74) is 2.39. The Bertz CT molecular complexity index is 425. The lowest BCUT2D eigenvalue weighted by molar-refractivity contribution is -0.658. The van der Waals surface area contributed by atoms with Gasteiger partial charge in [0.05, 0.1) is 0 Å². The third kappa shape index (κ3) is 2.24. The molecule has 2 heterocycles. The fourth-order valence-corrected chi connectivity index (χ4v) is 1.52. The molecule has 2 aromatic rings. The Hall–Kier alpha value is -1.64. The summed E-state index contributed by atoms with van der Waals surface area (Å²) in [4.78, 5) is 0. The standard InChI is InChI=1S/C12H14BN2/c1-14-9-5-3-7-11(14)13-12-8-4-6-10-15(12)2/h3-10H,1-2H3/q+2. The summed E-state index contributed by atoms with van der Waals surface area (Å²) in [5, 5.41) is 0. The summed E-state index contributed by atoms with van der Waals surface area (Å²) < 4.78 is 4.21. The van der Waals surface area contributed by atoms with Gasteiger partial charge in [-0.2, -0.15) is 0 Å². The van der Waals surface area contributed by atoms with E-state index in [-0.39, 0.29) is 0 Å². The van der Waals surface area contributed by atoms with Crippen LogP contribution < -0.4 is 20.3 Å². The van der Waals surface area contributed by atoms with Crippen molar-refractivity contribution in [1.82, 2.24) is 0 Å². The molecule has 0 fully saturated rings. The number of hydrogen-bond donors (Lipinski definition) is 0. The zero-order valence-electron chi connectivity index (χ0n) is 9.09. The van der Waals surface area contributed by atoms with E-state index in [4.69, 9.17) is 0 Å². The highest BCUT2D eigenvalue weighted by Crippen LogP contribution is 1.76. The third-order valence-corrected chi connectivity index (χ3v) is 2.49. The van der Waals surface area contributed by atoms with E-state index in [1.165, 1.54) is 11.2 Å². The Kier molecular flexibility index (Phi) is 2.81. The van der Waals surface area contributed by atoms with E-state index in [1.807, 2.05) is 12.1 Å². The van der Waals surface area contributed by atoms with E-state index in [9.17, 15) is 0 Å². The lowest BCUT2D eigenvalue weighted by Gasteiger charge is -1.97. The Morgan fingerprint density at radius 3 is 1.67 bits per heavy atom. The van der Waals surface area contributed by atoms with Gasteiger partial charge in [-0.25, -0.2) is 9.13 Å². The second-order valence-electron chi connectivity index (χ2n) is 3.62. The molecule has 0 spiro atoms. The van der Waals surface area contributed by atoms with Gasteiger partial charge in [-0.1, -0.05) is 12.1 Å². The molecule has 0 aliphatic heterocycles. The number of pyridine rings is 2. The van der Waals surface area contributed by atoms with Gasteiger partial charge in [0.15, 0.2) is 12.4 Å². The minimum absolute atomic E-state index is 1.19. The average molecular weight is 197 g/mol. The van der Waals surface area contributed by atoms with Gasteiger partial charge in [-0.15, -0.1) is 0 Å². The summed E-state index contributed by atoms with van der Waals surface area (Å²) >= 11 is 0. The Balaban J connectivity index is 2.30. The molecule has 2 rings (SSSR count). The zero-order valence-corrected chi connectivity index (χ0v) is 9.09. The first-order valence-electron chi connectivity index (χ1n) is 5.01. The van der Waals surface area contributed by atoms with Crippen molar-refractivity contribution in [2.24, 2.45) is 14.1 Å². The molecule has 2 aromatic heterocycles. The molecule has 0 aromatic carbocycles. The lowest BCUT2D eigenvalue weighted by Crippen LogP contribution is -2.58. The number of aryl methyl sites for hydroxylation is 2. The fourth-order valence-electron chi connectivity index (χ4n) is 1.52. The maximum Gasteiger partial charge on any atom is 0.369 e. The van der Waals surface area contributed by atoms with Crippen LogP contribution in [0.4, 0.5) is 0 Å². The fraction of sp³-hybridized carbons (Fsp3) is 0.167. The van der Waals surface area contributed by atoms with E-state index >= 15 is 0 Å². The van der Waals surface area contributed by atoms with Crippen LogP contribution in [0.2, 0.25) is 0 Å². The van der Waals surface area contributed by atoms with E-state index < -0.39 is 0 Å². The van der Waals surface area contributed by atoms with Crippen molar-refractivity contribution < 1.29 is 9.13 Å². The summed E-state index contributed by atoms with van der Waals surface area (Å²) in [7, 11) is 6.27. The zero-order chi connectivity index (χ0) is 10.7. The number of hydrogen-bond acceptors (Lipinski definition) is 0. The Morgan fingerprint density at radius 2 is 1.27 bits per heavy atom. The summed E-state index contributed by atoms with van der Waals surface area (Å²) in [6, 6.07) is 12.4. The SMILES string of the molecule is C[n+]1ccccc1[B]c1cccc[n+]1C. The smallest absolute Gasteiger partial charge is 0.215 e. The predicted octanol–water partition coefficient (Wildman–Crippen LogP) is -1.01. The largest absolute Gasteiger partial charge is 0.369 e. The monoisotopic (exact) mass is 197 g/mol. The topological polar surface area (TPSA) is 7.76 Å². The van der Waals surface area contributed by atoms with Crippen LogP contribution in [0.1, 0.15) is 0 Å². The molecule has 2 nitrogen and oxygen atoms in total. The molecule has 0 aliphatic rings. The number of aromatic nitrogens is 2. The van der Waals surface area contributed by atoms with Gasteiger partial charge >= 0.3 is 7.28 Å². The van der Waals surface area contributed by atoms with Gasteiger partial charge in [0.25, 0.3) is 0 Å². The van der Waals surface area contributed by atoms with Gasteiger partial charge in [-0.05, 0) is 12.1 Å². The van der Waals surface area contributed by atoms with Crippen LogP contribution in [0.3, 0.4) is 0 Å². The molecular weight excluding hydrogens is 183 g/mol. The highest BCUT2D eigenvalue weighted by Gasteiger charge is 2.15. The first kappa shape index (κ1) is 9.90. The highest BCUT2D eigenvalue weighted by atomic mass is 14.9. The van der Waals surface area contributed by atoms with Gasteiger partial charge < -0.3 is 0 Å². The van der Waals surface area contributed by atoms with Gasteiger partial charge in [0.2, 0.25) is 0 Å². The van der Waals surface area contributed by atoms with Crippen molar-refractivity contribution in [3.05, 3.63) is 48.8 Å². The minimum atomic E-state index is 1.19. The summed E-state index contributed by atoms with van der Waals surface area (Å²) in [6.45, 7) is 0. The normalized spacial score (nSPS) is 10.0. The molecule has 15 heavy (non-hydrogen) atoms. The van der Waals surface area contributed by atoms with Crippen LogP contribution in [0.15, 0.2) is 48.8 Å². The molecule has 0 atom stereocenters. The van der Waals surface area contributed by atoms with E-state index in [1.54, 1.807) is 0 Å². The molecule has 0 aliphatic carbocycles. The van der Waals surface area contributed by atoms with Crippen molar-refractivity contribution in [3.8, 4) is 0 Å². The van der Waals surface area contributed by atoms with Crippen molar-refractivity contribution in [1.29, 1.82) is 0 Å². The van der Waals surface area contributed by atoms with Crippen LogP contribution in [-0.2, 0) is 14.1 Å². The first-order valence-corrected chi connectivity index (χ1v) is 5.01. The van der Waals surface area contributed by atoms with E-state index in [2.05, 4.69) is 67.2 Å². The van der Waals surface area contributed by atoms with E-state index in [0.29, 0.717) is 0 Å². The molecule has 3 heteroatoms. The summed E-state index contributed by atoms with van der Waals surface area (Å²) in [6.07, 6.45) is 4.10. The number of rotatable bonds is 2. The maximum absolute atomic E-state index is 2.17. The van der Waals surface area contributed by atoms with Crippen LogP contribution >= 0.6 is 0 Å². The van der Waals surface area contributed by atoms with Crippen molar-refractivity contribution in [2.75, 3.05) is 0 Å². The molecule has 0 bridgehead atoms. The lowest BCUT2D eigenvalue weighted by atomic mass is 9.69. The average Bonchev–Trinajstić information content (AvgIpc) is 2.24. The summed E-state index contributed by atoms with van der Waals surface area (Å²) in [5.74, 6) is 0. The van der Waals surface area contributed by atoms with Crippen LogP contribution in [0.25, 0.3) is 0 Å². The first-order chi connectivity index (χ1) is 7.27. The van der Waals surface area contributed by atoms with Crippen LogP contribution in [0, 0.1) is 0 Å². The Morgan fingerprint density at radius 1 is 0.800 bits per heavy atom. The van der Waals surface area contributed by atoms with Gasteiger partial charge in [0, 0.05) is 12.1 Å². The third-order valence-electron chi connectivity index (χ3n) is 2.49. The molecule has 1 radical (unpaired) electrons.